The molecule has 2 aromatic heterocycles. The van der Waals surface area contributed by atoms with Gasteiger partial charge in [-0.3, -0.25) is 9.98 Å². The number of thioether (sulfide) groups is 1. The van der Waals surface area contributed by atoms with Gasteiger partial charge < -0.3 is 9.47 Å². The molecule has 4 nitrogen and oxygen atoms in total. The van der Waals surface area contributed by atoms with Crippen molar-refractivity contribution >= 4 is 32.9 Å². The van der Waals surface area contributed by atoms with Gasteiger partial charge >= 0.3 is 0 Å². The van der Waals surface area contributed by atoms with Crippen LogP contribution in [0.2, 0.25) is 0 Å². The van der Waals surface area contributed by atoms with E-state index in [2.05, 4.69) is 86.0 Å². The predicted octanol–water partition coefficient (Wildman–Crippen LogP) is 5.22. The average molecular weight is 439 g/mol. The van der Waals surface area contributed by atoms with Gasteiger partial charge in [0.1, 0.15) is 6.04 Å². The van der Waals surface area contributed by atoms with Gasteiger partial charge in [-0.15, -0.1) is 0 Å². The Morgan fingerprint density at radius 2 is 2.04 bits per heavy atom. The van der Waals surface area contributed by atoms with Crippen LogP contribution in [-0.4, -0.2) is 31.4 Å². The minimum Gasteiger partial charge on any atom is -0.339 e. The Morgan fingerprint density at radius 3 is 2.85 bits per heavy atom. The lowest BCUT2D eigenvalue weighted by Crippen LogP contribution is -2.30. The third-order valence-corrected chi connectivity index (χ3v) is 6.65. The van der Waals surface area contributed by atoms with Crippen LogP contribution in [-0.2, 0) is 0 Å². The lowest BCUT2D eigenvalue weighted by atomic mass is 10.0. The molecule has 3 atom stereocenters. The van der Waals surface area contributed by atoms with Crippen molar-refractivity contribution in [3.63, 3.8) is 0 Å². The van der Waals surface area contributed by atoms with Crippen molar-refractivity contribution in [2.75, 3.05) is 6.54 Å². The summed E-state index contributed by atoms with van der Waals surface area (Å²) in [6, 6.07) is 19.0. The molecule has 2 aliphatic heterocycles. The number of amidine groups is 1. The predicted molar refractivity (Wildman–Crippen MR) is 114 cm³/mol. The van der Waals surface area contributed by atoms with Crippen LogP contribution in [0.5, 0.6) is 0 Å². The van der Waals surface area contributed by atoms with E-state index in [1.807, 2.05) is 30.1 Å². The first kappa shape index (κ1) is 17.1. The van der Waals surface area contributed by atoms with Gasteiger partial charge in [-0.2, -0.15) is 0 Å². The summed E-state index contributed by atoms with van der Waals surface area (Å²) in [6.45, 7) is 3.28. The Labute approximate surface area is 171 Å². The standard InChI is InChI=1S/C21H19BrN4S/c1-14-13-26-20(19(24-21(26)27-14)17-8-2-3-10-23-17)18-9-5-11-25(18)16-7-4-6-15(22)12-16/h2-12,14,19-20H,13H2,1H3/t14-,19+,20-/m1/s1. The minimum absolute atomic E-state index is 0.0157. The molecule has 0 aliphatic carbocycles. The number of fused-ring (bicyclic) bond motifs is 1. The highest BCUT2D eigenvalue weighted by Gasteiger charge is 2.44. The number of hydrogen-bond donors (Lipinski definition) is 0. The molecule has 0 unspecified atom stereocenters. The van der Waals surface area contributed by atoms with Gasteiger partial charge in [0, 0.05) is 40.0 Å². The molecule has 0 amide bonds. The minimum atomic E-state index is 0.0157. The van der Waals surface area contributed by atoms with Crippen LogP contribution in [0.1, 0.15) is 30.4 Å². The number of hydrogen-bond acceptors (Lipinski definition) is 4. The molecular formula is C21H19BrN4S. The van der Waals surface area contributed by atoms with E-state index < -0.39 is 0 Å². The number of nitrogens with zero attached hydrogens (tertiary/aromatic N) is 4. The van der Waals surface area contributed by atoms with E-state index in [1.54, 1.807) is 0 Å². The molecule has 4 heterocycles. The lowest BCUT2D eigenvalue weighted by Gasteiger charge is -2.28. The second-order valence-corrected chi connectivity index (χ2v) is 9.24. The summed E-state index contributed by atoms with van der Waals surface area (Å²) in [5, 5.41) is 1.70. The molecule has 1 aromatic carbocycles. The van der Waals surface area contributed by atoms with Crippen molar-refractivity contribution in [3.05, 3.63) is 82.9 Å². The van der Waals surface area contributed by atoms with E-state index in [-0.39, 0.29) is 12.1 Å². The molecule has 136 valence electrons. The Balaban J connectivity index is 1.62. The van der Waals surface area contributed by atoms with Gasteiger partial charge in [-0.25, -0.2) is 0 Å². The first-order valence-corrected chi connectivity index (χ1v) is 10.7. The number of pyridine rings is 1. The van der Waals surface area contributed by atoms with E-state index in [0.29, 0.717) is 5.25 Å². The number of rotatable bonds is 3. The van der Waals surface area contributed by atoms with E-state index in [1.165, 1.54) is 5.69 Å². The summed E-state index contributed by atoms with van der Waals surface area (Å²) in [7, 11) is 0. The highest BCUT2D eigenvalue weighted by atomic mass is 79.9. The third kappa shape index (κ3) is 3.01. The normalized spacial score (nSPS) is 24.1. The van der Waals surface area contributed by atoms with E-state index in [0.717, 1.165) is 27.6 Å². The van der Waals surface area contributed by atoms with E-state index in [4.69, 9.17) is 4.99 Å². The molecule has 0 N–H and O–H groups in total. The zero-order valence-electron chi connectivity index (χ0n) is 14.9. The molecule has 1 fully saturated rings. The van der Waals surface area contributed by atoms with Crippen molar-refractivity contribution in [3.8, 4) is 5.69 Å². The second kappa shape index (κ2) is 6.84. The molecule has 6 heteroatoms. The quantitative estimate of drug-likeness (QED) is 0.561. The van der Waals surface area contributed by atoms with Crippen LogP contribution in [0.15, 0.2) is 76.5 Å². The van der Waals surface area contributed by atoms with Gasteiger partial charge in [-0.1, -0.05) is 46.7 Å². The highest BCUT2D eigenvalue weighted by Crippen LogP contribution is 2.47. The van der Waals surface area contributed by atoms with E-state index >= 15 is 0 Å². The summed E-state index contributed by atoms with van der Waals surface area (Å²) in [5.41, 5.74) is 3.43. The van der Waals surface area contributed by atoms with Crippen LogP contribution in [0.3, 0.4) is 0 Å². The van der Waals surface area contributed by atoms with Crippen LogP contribution < -0.4 is 0 Å². The third-order valence-electron chi connectivity index (χ3n) is 5.05. The molecule has 5 rings (SSSR count). The summed E-state index contributed by atoms with van der Waals surface area (Å²) in [6.07, 6.45) is 4.00. The molecular weight excluding hydrogens is 420 g/mol. The summed E-state index contributed by atoms with van der Waals surface area (Å²) in [4.78, 5) is 12.2. The summed E-state index contributed by atoms with van der Waals surface area (Å²) < 4.78 is 3.35. The van der Waals surface area contributed by atoms with Gasteiger partial charge in [0.2, 0.25) is 0 Å². The molecule has 2 aliphatic rings. The number of halogens is 1. The van der Waals surface area contributed by atoms with Crippen molar-refractivity contribution in [1.29, 1.82) is 0 Å². The molecule has 1 saturated heterocycles. The monoisotopic (exact) mass is 438 g/mol. The Hall–Kier alpha value is -2.05. The maximum atomic E-state index is 5.08. The van der Waals surface area contributed by atoms with Crippen molar-refractivity contribution in [2.24, 2.45) is 4.99 Å². The van der Waals surface area contributed by atoms with Crippen molar-refractivity contribution in [1.82, 2.24) is 14.5 Å². The number of aromatic nitrogens is 2. The summed E-state index contributed by atoms with van der Waals surface area (Å²) >= 11 is 5.47. The highest BCUT2D eigenvalue weighted by molar-refractivity contribution is 9.10. The Kier molecular flexibility index (Phi) is 4.32. The van der Waals surface area contributed by atoms with Crippen LogP contribution in [0.4, 0.5) is 0 Å². The molecule has 0 spiro atoms. The maximum absolute atomic E-state index is 5.08. The average Bonchev–Trinajstić information content (AvgIpc) is 3.36. The molecule has 0 bridgehead atoms. The SMILES string of the molecule is C[C@@H]1CN2C(=N[C@@H](c3ccccn3)[C@H]2c2cccn2-c2cccc(Br)c2)S1. The lowest BCUT2D eigenvalue weighted by molar-refractivity contribution is 0.312. The van der Waals surface area contributed by atoms with Crippen LogP contribution >= 0.6 is 27.7 Å². The van der Waals surface area contributed by atoms with E-state index in [9.17, 15) is 0 Å². The first-order valence-electron chi connectivity index (χ1n) is 9.06. The fourth-order valence-corrected chi connectivity index (χ4v) is 5.41. The fourth-order valence-electron chi connectivity index (χ4n) is 3.93. The number of benzene rings is 1. The molecule has 0 saturated carbocycles. The largest absolute Gasteiger partial charge is 0.339 e. The van der Waals surface area contributed by atoms with Gasteiger partial charge in [-0.05, 0) is 42.5 Å². The Bertz CT molecular complexity index is 1000. The molecule has 0 radical (unpaired) electrons. The fraction of sp³-hybridized carbons (Fsp3) is 0.238. The topological polar surface area (TPSA) is 33.4 Å². The second-order valence-electron chi connectivity index (χ2n) is 6.92. The van der Waals surface area contributed by atoms with Gasteiger partial charge in [0.05, 0.1) is 11.7 Å². The first-order chi connectivity index (χ1) is 13.2. The van der Waals surface area contributed by atoms with Crippen LogP contribution in [0, 0.1) is 0 Å². The van der Waals surface area contributed by atoms with Crippen molar-refractivity contribution in [2.45, 2.75) is 24.3 Å². The zero-order valence-corrected chi connectivity index (χ0v) is 17.3. The number of aliphatic imine (C=N–C) groups is 1. The maximum Gasteiger partial charge on any atom is 0.160 e. The Morgan fingerprint density at radius 1 is 1.11 bits per heavy atom. The van der Waals surface area contributed by atoms with Gasteiger partial charge in [0.15, 0.2) is 5.17 Å². The molecule has 27 heavy (non-hydrogen) atoms. The summed E-state index contributed by atoms with van der Waals surface area (Å²) in [5.74, 6) is 0. The van der Waals surface area contributed by atoms with Gasteiger partial charge in [0.25, 0.3) is 0 Å². The van der Waals surface area contributed by atoms with Crippen LogP contribution in [0.25, 0.3) is 5.69 Å². The van der Waals surface area contributed by atoms with Crippen molar-refractivity contribution < 1.29 is 0 Å². The zero-order chi connectivity index (χ0) is 18.4. The smallest absolute Gasteiger partial charge is 0.160 e. The molecule has 3 aromatic rings.